The van der Waals surface area contributed by atoms with Gasteiger partial charge in [-0.2, -0.15) is 0 Å². The van der Waals surface area contributed by atoms with Crippen LogP contribution in [0.2, 0.25) is 0 Å². The van der Waals surface area contributed by atoms with Crippen molar-refractivity contribution in [1.29, 1.82) is 0 Å². The zero-order chi connectivity index (χ0) is 20.6. The molecule has 2 aromatic rings. The van der Waals surface area contributed by atoms with Gasteiger partial charge in [0.05, 0.1) is 23.5 Å². The van der Waals surface area contributed by atoms with Gasteiger partial charge in [0.15, 0.2) is 0 Å². The van der Waals surface area contributed by atoms with E-state index < -0.39 is 0 Å². The van der Waals surface area contributed by atoms with Crippen LogP contribution in [0.15, 0.2) is 29.4 Å². The van der Waals surface area contributed by atoms with E-state index in [0.717, 1.165) is 32.2 Å². The molecule has 0 saturated heterocycles. The molecule has 0 aliphatic heterocycles. The normalized spacial score (nSPS) is 14.3. The lowest BCUT2D eigenvalue weighted by Crippen LogP contribution is -2.33. The maximum Gasteiger partial charge on any atom is 0.253 e. The molecule has 1 heterocycles. The lowest BCUT2D eigenvalue weighted by molar-refractivity contribution is -0.113. The Bertz CT molecular complexity index is 833. The standard InChI is InChI=1S/C19H27N7O2S/c1-25(2)11-12-26-19(22-23-24-26)29-13-17(27)21-16-10-6-5-9-15(16)18(28)20-14-7-3-4-8-14/h5-6,9-10,14H,3-4,7-8,11-13H2,1-2H3,(H,20,28)(H,21,27). The molecule has 29 heavy (non-hydrogen) atoms. The highest BCUT2D eigenvalue weighted by atomic mass is 32.2. The zero-order valence-electron chi connectivity index (χ0n) is 16.8. The van der Waals surface area contributed by atoms with Crippen molar-refractivity contribution in [2.45, 2.75) is 43.4 Å². The van der Waals surface area contributed by atoms with E-state index in [4.69, 9.17) is 0 Å². The quantitative estimate of drug-likeness (QED) is 0.598. The van der Waals surface area contributed by atoms with Crippen molar-refractivity contribution in [1.82, 2.24) is 30.4 Å². The number of anilines is 1. The van der Waals surface area contributed by atoms with Crippen LogP contribution in [0.5, 0.6) is 0 Å². The van der Waals surface area contributed by atoms with Crippen molar-refractivity contribution in [3.8, 4) is 0 Å². The highest BCUT2D eigenvalue weighted by Crippen LogP contribution is 2.21. The lowest BCUT2D eigenvalue weighted by Gasteiger charge is -2.15. The molecule has 0 atom stereocenters. The minimum atomic E-state index is -0.210. The Balaban J connectivity index is 1.56. The smallest absolute Gasteiger partial charge is 0.253 e. The predicted octanol–water partition coefficient (Wildman–Crippen LogP) is 1.64. The molecule has 2 amide bonds. The number of benzene rings is 1. The van der Waals surface area contributed by atoms with E-state index in [1.54, 1.807) is 28.9 Å². The number of hydrogen-bond acceptors (Lipinski definition) is 7. The molecule has 0 radical (unpaired) electrons. The van der Waals surface area contributed by atoms with E-state index in [9.17, 15) is 9.59 Å². The third-order valence-electron chi connectivity index (χ3n) is 4.73. The first-order valence-corrected chi connectivity index (χ1v) is 10.7. The Morgan fingerprint density at radius 1 is 1.24 bits per heavy atom. The van der Waals surface area contributed by atoms with Crippen LogP contribution >= 0.6 is 11.8 Å². The first-order valence-electron chi connectivity index (χ1n) is 9.76. The number of tetrazole rings is 1. The number of likely N-dealkylation sites (N-methyl/N-ethyl adjacent to an activating group) is 1. The SMILES string of the molecule is CN(C)CCn1nnnc1SCC(=O)Nc1ccccc1C(=O)NC1CCCC1. The van der Waals surface area contributed by atoms with Gasteiger partial charge in [-0.3, -0.25) is 9.59 Å². The van der Waals surface area contributed by atoms with Gasteiger partial charge in [0.2, 0.25) is 11.1 Å². The van der Waals surface area contributed by atoms with Gasteiger partial charge in [0.1, 0.15) is 0 Å². The molecule has 0 spiro atoms. The number of nitrogens with one attached hydrogen (secondary N) is 2. The van der Waals surface area contributed by atoms with Crippen LogP contribution in [0.3, 0.4) is 0 Å². The van der Waals surface area contributed by atoms with E-state index >= 15 is 0 Å². The maximum absolute atomic E-state index is 12.6. The van der Waals surface area contributed by atoms with Gasteiger partial charge in [-0.05, 0) is 49.5 Å². The van der Waals surface area contributed by atoms with Crippen molar-refractivity contribution in [2.24, 2.45) is 0 Å². The van der Waals surface area contributed by atoms with Crippen LogP contribution in [-0.4, -0.2) is 69.4 Å². The minimum absolute atomic E-state index is 0.145. The number of amides is 2. The zero-order valence-corrected chi connectivity index (χ0v) is 17.6. The van der Waals surface area contributed by atoms with Crippen LogP contribution in [0.1, 0.15) is 36.0 Å². The van der Waals surface area contributed by atoms with E-state index in [0.29, 0.717) is 23.0 Å². The number of carbonyl (C=O) groups is 2. The molecule has 1 aromatic carbocycles. The molecule has 1 fully saturated rings. The van der Waals surface area contributed by atoms with E-state index in [-0.39, 0.29) is 23.6 Å². The first kappa shape index (κ1) is 21.3. The summed E-state index contributed by atoms with van der Waals surface area (Å²) in [5.41, 5.74) is 0.995. The second-order valence-corrected chi connectivity index (χ2v) is 8.27. The van der Waals surface area contributed by atoms with Gasteiger partial charge >= 0.3 is 0 Å². The topological polar surface area (TPSA) is 105 Å². The second-order valence-electron chi connectivity index (χ2n) is 7.33. The number of rotatable bonds is 9. The van der Waals surface area contributed by atoms with Crippen molar-refractivity contribution in [3.05, 3.63) is 29.8 Å². The molecule has 3 rings (SSSR count). The van der Waals surface area contributed by atoms with E-state index in [1.165, 1.54) is 11.8 Å². The summed E-state index contributed by atoms with van der Waals surface area (Å²) in [6, 6.07) is 7.30. The van der Waals surface area contributed by atoms with Gasteiger partial charge in [0, 0.05) is 12.6 Å². The molecule has 10 heteroatoms. The van der Waals surface area contributed by atoms with Crippen LogP contribution in [-0.2, 0) is 11.3 Å². The van der Waals surface area contributed by atoms with Crippen molar-refractivity contribution < 1.29 is 9.59 Å². The fraction of sp³-hybridized carbons (Fsp3) is 0.526. The summed E-state index contributed by atoms with van der Waals surface area (Å²) in [7, 11) is 3.95. The van der Waals surface area contributed by atoms with Crippen molar-refractivity contribution in [2.75, 3.05) is 31.7 Å². The minimum Gasteiger partial charge on any atom is -0.349 e. The largest absolute Gasteiger partial charge is 0.349 e. The number of nitrogens with zero attached hydrogens (tertiary/aromatic N) is 5. The third-order valence-corrected chi connectivity index (χ3v) is 5.68. The van der Waals surface area contributed by atoms with Crippen molar-refractivity contribution >= 4 is 29.3 Å². The summed E-state index contributed by atoms with van der Waals surface area (Å²) in [6.07, 6.45) is 4.32. The van der Waals surface area contributed by atoms with Crippen molar-refractivity contribution in [3.63, 3.8) is 0 Å². The summed E-state index contributed by atoms with van der Waals surface area (Å²) >= 11 is 1.27. The molecule has 9 nitrogen and oxygen atoms in total. The average Bonchev–Trinajstić information content (AvgIpc) is 3.36. The summed E-state index contributed by atoms with van der Waals surface area (Å²) < 4.78 is 1.68. The van der Waals surface area contributed by atoms with Crippen LogP contribution in [0.25, 0.3) is 0 Å². The van der Waals surface area contributed by atoms with Gasteiger partial charge in [-0.15, -0.1) is 5.10 Å². The number of thioether (sulfide) groups is 1. The maximum atomic E-state index is 12.6. The highest BCUT2D eigenvalue weighted by molar-refractivity contribution is 7.99. The van der Waals surface area contributed by atoms with Gasteiger partial charge in [0.25, 0.3) is 5.91 Å². The summed E-state index contributed by atoms with van der Waals surface area (Å²) in [6.45, 7) is 1.45. The Hall–Kier alpha value is -2.46. The molecule has 1 aliphatic rings. The van der Waals surface area contributed by atoms with Gasteiger partial charge in [-0.1, -0.05) is 36.7 Å². The Kier molecular flexibility index (Phi) is 7.59. The highest BCUT2D eigenvalue weighted by Gasteiger charge is 2.20. The Labute approximate surface area is 174 Å². The summed E-state index contributed by atoms with van der Waals surface area (Å²) in [5.74, 6) is -0.202. The predicted molar refractivity (Wildman–Crippen MR) is 112 cm³/mol. The van der Waals surface area contributed by atoms with E-state index in [1.807, 2.05) is 19.0 Å². The Morgan fingerprint density at radius 3 is 2.76 bits per heavy atom. The lowest BCUT2D eigenvalue weighted by atomic mass is 10.1. The molecule has 1 aromatic heterocycles. The monoisotopic (exact) mass is 417 g/mol. The number of carbonyl (C=O) groups excluding carboxylic acids is 2. The summed E-state index contributed by atoms with van der Waals surface area (Å²) in [5, 5.41) is 18.1. The van der Waals surface area contributed by atoms with Gasteiger partial charge < -0.3 is 15.5 Å². The first-order chi connectivity index (χ1) is 14.0. The molecular weight excluding hydrogens is 390 g/mol. The molecule has 0 bridgehead atoms. The fourth-order valence-corrected chi connectivity index (χ4v) is 3.88. The molecule has 0 unspecified atom stereocenters. The number of para-hydroxylation sites is 1. The summed E-state index contributed by atoms with van der Waals surface area (Å²) in [4.78, 5) is 27.1. The van der Waals surface area contributed by atoms with Crippen LogP contribution in [0, 0.1) is 0 Å². The van der Waals surface area contributed by atoms with Crippen LogP contribution < -0.4 is 10.6 Å². The molecule has 1 aliphatic carbocycles. The molecule has 156 valence electrons. The second kappa shape index (κ2) is 10.4. The average molecular weight is 418 g/mol. The third kappa shape index (κ3) is 6.26. The molecular formula is C19H27N7O2S. The van der Waals surface area contributed by atoms with Crippen LogP contribution in [0.4, 0.5) is 5.69 Å². The van der Waals surface area contributed by atoms with E-state index in [2.05, 4.69) is 26.2 Å². The number of hydrogen-bond donors (Lipinski definition) is 2. The number of aromatic nitrogens is 4. The van der Waals surface area contributed by atoms with Gasteiger partial charge in [-0.25, -0.2) is 4.68 Å². The Morgan fingerprint density at radius 2 is 2.00 bits per heavy atom. The molecule has 1 saturated carbocycles. The fourth-order valence-electron chi connectivity index (χ4n) is 3.17. The molecule has 2 N–H and O–H groups in total.